The van der Waals surface area contributed by atoms with E-state index in [-0.39, 0.29) is 17.4 Å². The van der Waals surface area contributed by atoms with E-state index in [0.29, 0.717) is 11.9 Å². The van der Waals surface area contributed by atoms with Gasteiger partial charge < -0.3 is 4.74 Å². The molecule has 1 saturated carbocycles. The van der Waals surface area contributed by atoms with E-state index in [0.717, 1.165) is 25.2 Å². The molecule has 3 rings (SSSR count). The number of ether oxygens (including phenoxy) is 1. The summed E-state index contributed by atoms with van der Waals surface area (Å²) in [6.07, 6.45) is 6.19. The highest BCUT2D eigenvalue weighted by molar-refractivity contribution is 6.28. The Morgan fingerprint density at radius 3 is 2.76 bits per heavy atom. The lowest BCUT2D eigenvalue weighted by atomic mass is 9.80. The topological polar surface area (TPSA) is 78.6 Å². The molecule has 3 atom stereocenters. The zero-order valence-corrected chi connectivity index (χ0v) is 12.7. The van der Waals surface area contributed by atoms with Gasteiger partial charge in [-0.3, -0.25) is 0 Å². The number of nitrogens with zero attached hydrogens (tertiary/aromatic N) is 6. The van der Waals surface area contributed by atoms with E-state index in [4.69, 9.17) is 16.3 Å². The van der Waals surface area contributed by atoms with Crippen molar-refractivity contribution in [3.63, 3.8) is 0 Å². The van der Waals surface area contributed by atoms with Crippen LogP contribution in [0.15, 0.2) is 12.7 Å². The van der Waals surface area contributed by atoms with Crippen LogP contribution in [-0.2, 0) is 0 Å². The second-order valence-electron chi connectivity index (χ2n) is 5.53. The minimum Gasteiger partial charge on any atom is -0.460 e. The van der Waals surface area contributed by atoms with Crippen molar-refractivity contribution in [2.24, 2.45) is 11.8 Å². The number of hydrogen-bond donors (Lipinski definition) is 0. The van der Waals surface area contributed by atoms with Crippen molar-refractivity contribution in [3.05, 3.63) is 17.9 Å². The predicted octanol–water partition coefficient (Wildman–Crippen LogP) is 2.31. The fourth-order valence-electron chi connectivity index (χ4n) is 2.54. The minimum atomic E-state index is 0.0859. The molecule has 2 aromatic heterocycles. The van der Waals surface area contributed by atoms with E-state index in [1.807, 2.05) is 0 Å². The Bertz CT molecular complexity index is 605. The quantitative estimate of drug-likeness (QED) is 0.865. The zero-order chi connectivity index (χ0) is 14.8. The van der Waals surface area contributed by atoms with Crippen LogP contribution in [0.5, 0.6) is 6.01 Å². The Hall–Kier alpha value is -1.76. The van der Waals surface area contributed by atoms with E-state index in [1.54, 1.807) is 0 Å². The molecule has 2 aromatic rings. The molecule has 1 aliphatic carbocycles. The Morgan fingerprint density at radius 1 is 1.19 bits per heavy atom. The van der Waals surface area contributed by atoms with Gasteiger partial charge in [-0.15, -0.1) is 0 Å². The second-order valence-corrected chi connectivity index (χ2v) is 5.87. The molecular weight excluding hydrogens is 292 g/mol. The van der Waals surface area contributed by atoms with Crippen LogP contribution >= 0.6 is 11.6 Å². The Balaban J connectivity index is 1.77. The maximum absolute atomic E-state index is 5.93. The molecule has 1 aliphatic rings. The van der Waals surface area contributed by atoms with Gasteiger partial charge in [-0.05, 0) is 42.7 Å². The summed E-state index contributed by atoms with van der Waals surface area (Å²) in [5.74, 6) is 1.67. The second kappa shape index (κ2) is 5.93. The van der Waals surface area contributed by atoms with Gasteiger partial charge in [0.2, 0.25) is 5.28 Å². The number of hydrogen-bond acceptors (Lipinski definition) is 6. The SMILES string of the molecule is CC1CCC(Oc2nc(Cl)nc(-n3cncn3)n2)CC1C. The number of aromatic nitrogens is 6. The smallest absolute Gasteiger partial charge is 0.322 e. The minimum absolute atomic E-state index is 0.0859. The van der Waals surface area contributed by atoms with Gasteiger partial charge >= 0.3 is 6.01 Å². The molecule has 7 nitrogen and oxygen atoms in total. The normalized spacial score (nSPS) is 25.8. The molecule has 112 valence electrons. The monoisotopic (exact) mass is 308 g/mol. The lowest BCUT2D eigenvalue weighted by Crippen LogP contribution is -2.29. The molecule has 0 bridgehead atoms. The van der Waals surface area contributed by atoms with Crippen molar-refractivity contribution < 1.29 is 4.74 Å². The van der Waals surface area contributed by atoms with Crippen LogP contribution < -0.4 is 4.74 Å². The standard InChI is InChI=1S/C13H17ClN6O/c1-8-3-4-10(5-9(8)2)21-13-18-11(14)17-12(19-13)20-7-15-6-16-20/h6-10H,3-5H2,1-2H3. The van der Waals surface area contributed by atoms with Crippen molar-refractivity contribution >= 4 is 11.6 Å². The van der Waals surface area contributed by atoms with E-state index in [1.165, 1.54) is 17.3 Å². The molecule has 2 heterocycles. The van der Waals surface area contributed by atoms with E-state index >= 15 is 0 Å². The van der Waals surface area contributed by atoms with Crippen molar-refractivity contribution in [1.82, 2.24) is 29.7 Å². The third kappa shape index (κ3) is 3.29. The summed E-state index contributed by atoms with van der Waals surface area (Å²) in [7, 11) is 0. The summed E-state index contributed by atoms with van der Waals surface area (Å²) < 4.78 is 7.31. The number of halogens is 1. The average Bonchev–Trinajstić information content (AvgIpc) is 2.96. The van der Waals surface area contributed by atoms with Crippen LogP contribution in [0.2, 0.25) is 5.28 Å². The van der Waals surface area contributed by atoms with Crippen molar-refractivity contribution in [1.29, 1.82) is 0 Å². The van der Waals surface area contributed by atoms with Gasteiger partial charge in [0.25, 0.3) is 5.95 Å². The van der Waals surface area contributed by atoms with Gasteiger partial charge in [-0.2, -0.15) is 24.7 Å². The fraction of sp³-hybridized carbons (Fsp3) is 0.615. The molecule has 21 heavy (non-hydrogen) atoms. The molecule has 0 aromatic carbocycles. The summed E-state index contributed by atoms with van der Waals surface area (Å²) in [5, 5.41) is 4.06. The summed E-state index contributed by atoms with van der Waals surface area (Å²) >= 11 is 5.93. The summed E-state index contributed by atoms with van der Waals surface area (Å²) in [6.45, 7) is 4.53. The maximum Gasteiger partial charge on any atom is 0.322 e. The van der Waals surface area contributed by atoms with Crippen LogP contribution in [0.4, 0.5) is 0 Å². The third-order valence-corrected chi connectivity index (χ3v) is 4.19. The van der Waals surface area contributed by atoms with Crippen LogP contribution in [0.1, 0.15) is 33.1 Å². The molecule has 8 heteroatoms. The van der Waals surface area contributed by atoms with E-state index < -0.39 is 0 Å². The first kappa shape index (κ1) is 14.2. The van der Waals surface area contributed by atoms with E-state index in [2.05, 4.69) is 38.9 Å². The lowest BCUT2D eigenvalue weighted by Gasteiger charge is -2.31. The summed E-state index contributed by atoms with van der Waals surface area (Å²) in [4.78, 5) is 16.2. The largest absolute Gasteiger partial charge is 0.460 e. The molecule has 1 fully saturated rings. The van der Waals surface area contributed by atoms with Crippen LogP contribution in [0, 0.1) is 11.8 Å². The number of rotatable bonds is 3. The van der Waals surface area contributed by atoms with Gasteiger partial charge in [-0.25, -0.2) is 4.98 Å². The average molecular weight is 309 g/mol. The summed E-state index contributed by atoms with van der Waals surface area (Å²) in [6, 6.07) is 0.243. The van der Waals surface area contributed by atoms with Gasteiger partial charge in [0.1, 0.15) is 18.8 Å². The van der Waals surface area contributed by atoms with Gasteiger partial charge in [0.15, 0.2) is 0 Å². The molecule has 0 amide bonds. The van der Waals surface area contributed by atoms with Crippen LogP contribution in [0.3, 0.4) is 0 Å². The Morgan fingerprint density at radius 2 is 2.05 bits per heavy atom. The first-order valence-electron chi connectivity index (χ1n) is 7.05. The Labute approximate surface area is 127 Å². The lowest BCUT2D eigenvalue weighted by molar-refractivity contribution is 0.0916. The van der Waals surface area contributed by atoms with Gasteiger partial charge in [0, 0.05) is 0 Å². The maximum atomic E-state index is 5.93. The first-order valence-corrected chi connectivity index (χ1v) is 7.43. The molecule has 0 radical (unpaired) electrons. The fourth-order valence-corrected chi connectivity index (χ4v) is 2.69. The molecule has 3 unspecified atom stereocenters. The Kier molecular flexibility index (Phi) is 4.01. The molecule has 0 N–H and O–H groups in total. The van der Waals surface area contributed by atoms with Crippen LogP contribution in [-0.4, -0.2) is 35.8 Å². The molecule has 0 aliphatic heterocycles. The highest BCUT2D eigenvalue weighted by Crippen LogP contribution is 2.31. The van der Waals surface area contributed by atoms with Gasteiger partial charge in [-0.1, -0.05) is 13.8 Å². The molecule has 0 saturated heterocycles. The molecule has 0 spiro atoms. The summed E-state index contributed by atoms with van der Waals surface area (Å²) in [5.41, 5.74) is 0. The molecular formula is C13H17ClN6O. The van der Waals surface area contributed by atoms with Crippen LogP contribution in [0.25, 0.3) is 5.95 Å². The third-order valence-electron chi connectivity index (χ3n) is 4.02. The highest BCUT2D eigenvalue weighted by Gasteiger charge is 2.26. The van der Waals surface area contributed by atoms with E-state index in [9.17, 15) is 0 Å². The zero-order valence-electron chi connectivity index (χ0n) is 12.0. The van der Waals surface area contributed by atoms with Gasteiger partial charge in [0.05, 0.1) is 0 Å². The first-order chi connectivity index (χ1) is 10.1. The van der Waals surface area contributed by atoms with Crippen molar-refractivity contribution in [2.75, 3.05) is 0 Å². The highest BCUT2D eigenvalue weighted by atomic mass is 35.5. The predicted molar refractivity (Wildman–Crippen MR) is 76.3 cm³/mol. The van der Waals surface area contributed by atoms with Crippen molar-refractivity contribution in [3.8, 4) is 12.0 Å². The van der Waals surface area contributed by atoms with Crippen molar-refractivity contribution in [2.45, 2.75) is 39.2 Å².